The van der Waals surface area contributed by atoms with Crippen LogP contribution in [0.1, 0.15) is 38.9 Å². The van der Waals surface area contributed by atoms with Crippen molar-refractivity contribution in [1.29, 1.82) is 0 Å². The number of phenols is 1. The molecule has 0 bridgehead atoms. The van der Waals surface area contributed by atoms with Crippen LogP contribution in [0.25, 0.3) is 0 Å². The lowest BCUT2D eigenvalue weighted by Gasteiger charge is -2.48. The van der Waals surface area contributed by atoms with Gasteiger partial charge in [0.05, 0.1) is 12.7 Å². The van der Waals surface area contributed by atoms with Gasteiger partial charge in [0.1, 0.15) is 17.6 Å². The normalized spacial score (nSPS) is 36.8. The molecule has 2 aliphatic heterocycles. The quantitative estimate of drug-likeness (QED) is 0.797. The highest BCUT2D eigenvalue weighted by molar-refractivity contribution is 5.46. The predicted octanol–water partition coefficient (Wildman–Crippen LogP) is 3.83. The molecule has 1 fully saturated rings. The third kappa shape index (κ3) is 1.70. The van der Waals surface area contributed by atoms with Gasteiger partial charge in [0.25, 0.3) is 0 Å². The first-order valence-electron chi connectivity index (χ1n) is 7.82. The first kappa shape index (κ1) is 13.2. The van der Waals surface area contributed by atoms with Crippen LogP contribution in [0.5, 0.6) is 11.5 Å². The zero-order valence-corrected chi connectivity index (χ0v) is 12.8. The van der Waals surface area contributed by atoms with Crippen molar-refractivity contribution >= 4 is 0 Å². The van der Waals surface area contributed by atoms with Gasteiger partial charge in [-0.15, -0.1) is 0 Å². The summed E-state index contributed by atoms with van der Waals surface area (Å²) in [6.07, 6.45) is 3.52. The molecule has 1 N–H and O–H groups in total. The Labute approximate surface area is 125 Å². The summed E-state index contributed by atoms with van der Waals surface area (Å²) in [5.74, 6) is 2.07. The van der Waals surface area contributed by atoms with E-state index in [1.165, 1.54) is 5.57 Å². The molecule has 112 valence electrons. The standard InChI is InChI=1S/C18H22O3/c1-10(2)11-6-12-9-20-17-14-5-4-13(19)8-15(14)21-16(7-11)18(12,17)3/h4-5,7-8,10,12,16-17,19H,6,9H2,1-3H3/t12-,16?,17-,18+/m0/s1. The lowest BCUT2D eigenvalue weighted by Crippen LogP contribution is -2.48. The van der Waals surface area contributed by atoms with Crippen LogP contribution in [-0.4, -0.2) is 17.8 Å². The topological polar surface area (TPSA) is 38.7 Å². The molecule has 0 amide bonds. The molecule has 1 unspecified atom stereocenters. The van der Waals surface area contributed by atoms with Crippen molar-refractivity contribution in [2.75, 3.05) is 6.61 Å². The van der Waals surface area contributed by atoms with Crippen molar-refractivity contribution in [1.82, 2.24) is 0 Å². The largest absolute Gasteiger partial charge is 0.508 e. The molecule has 3 nitrogen and oxygen atoms in total. The van der Waals surface area contributed by atoms with Crippen LogP contribution in [0.15, 0.2) is 29.8 Å². The number of fused-ring (bicyclic) bond motifs is 2. The summed E-state index contributed by atoms with van der Waals surface area (Å²) in [4.78, 5) is 0. The maximum atomic E-state index is 9.72. The van der Waals surface area contributed by atoms with Gasteiger partial charge in [-0.3, -0.25) is 0 Å². The Hall–Kier alpha value is -1.48. The summed E-state index contributed by atoms with van der Waals surface area (Å²) in [6, 6.07) is 5.38. The van der Waals surface area contributed by atoms with Crippen LogP contribution in [0.3, 0.4) is 0 Å². The van der Waals surface area contributed by atoms with E-state index in [-0.39, 0.29) is 23.4 Å². The maximum absolute atomic E-state index is 9.72. The van der Waals surface area contributed by atoms with Gasteiger partial charge >= 0.3 is 0 Å². The van der Waals surface area contributed by atoms with Crippen molar-refractivity contribution in [3.05, 3.63) is 35.4 Å². The van der Waals surface area contributed by atoms with E-state index in [2.05, 4.69) is 26.8 Å². The van der Waals surface area contributed by atoms with Crippen LogP contribution >= 0.6 is 0 Å². The second kappa shape index (κ2) is 4.26. The first-order chi connectivity index (χ1) is 10.00. The number of benzene rings is 1. The van der Waals surface area contributed by atoms with Gasteiger partial charge in [0.15, 0.2) is 0 Å². The third-order valence-corrected chi connectivity index (χ3v) is 5.64. The molecule has 3 aliphatic rings. The molecular formula is C18H22O3. The molecule has 0 aromatic heterocycles. The Morgan fingerprint density at radius 2 is 2.14 bits per heavy atom. The minimum Gasteiger partial charge on any atom is -0.508 e. The average molecular weight is 286 g/mol. The Bertz CT molecular complexity index is 619. The molecule has 1 aromatic carbocycles. The van der Waals surface area contributed by atoms with E-state index in [1.54, 1.807) is 12.1 Å². The molecule has 0 radical (unpaired) electrons. The van der Waals surface area contributed by atoms with Gasteiger partial charge in [-0.25, -0.2) is 0 Å². The molecule has 3 heteroatoms. The fourth-order valence-electron chi connectivity index (χ4n) is 4.16. The van der Waals surface area contributed by atoms with Crippen molar-refractivity contribution in [2.24, 2.45) is 17.3 Å². The van der Waals surface area contributed by atoms with Gasteiger partial charge in [0, 0.05) is 17.0 Å². The lowest BCUT2D eigenvalue weighted by atomic mass is 9.62. The highest BCUT2D eigenvalue weighted by Gasteiger charge is 2.58. The fraction of sp³-hybridized carbons (Fsp3) is 0.556. The van der Waals surface area contributed by atoms with E-state index in [1.807, 2.05) is 6.07 Å². The first-order valence-corrected chi connectivity index (χ1v) is 7.82. The Kier molecular flexibility index (Phi) is 2.68. The number of rotatable bonds is 1. The summed E-state index contributed by atoms with van der Waals surface area (Å²) >= 11 is 0. The molecule has 4 rings (SSSR count). The zero-order valence-electron chi connectivity index (χ0n) is 12.8. The molecule has 1 aromatic rings. The second-order valence-corrected chi connectivity index (χ2v) is 7.14. The Balaban J connectivity index is 1.85. The maximum Gasteiger partial charge on any atom is 0.129 e. The highest BCUT2D eigenvalue weighted by atomic mass is 16.5. The second-order valence-electron chi connectivity index (χ2n) is 7.14. The number of hydrogen-bond acceptors (Lipinski definition) is 3. The van der Waals surface area contributed by atoms with Crippen LogP contribution < -0.4 is 4.74 Å². The summed E-state index contributed by atoms with van der Waals surface area (Å²) in [5, 5.41) is 9.72. The monoisotopic (exact) mass is 286 g/mol. The molecular weight excluding hydrogens is 264 g/mol. The fourth-order valence-corrected chi connectivity index (χ4v) is 4.16. The molecule has 2 heterocycles. The molecule has 0 saturated carbocycles. The van der Waals surface area contributed by atoms with E-state index in [4.69, 9.17) is 9.47 Å². The Morgan fingerprint density at radius 1 is 1.33 bits per heavy atom. The molecule has 0 spiro atoms. The zero-order chi connectivity index (χ0) is 14.8. The summed E-state index contributed by atoms with van der Waals surface area (Å²) in [7, 11) is 0. The third-order valence-electron chi connectivity index (χ3n) is 5.64. The van der Waals surface area contributed by atoms with Crippen LogP contribution in [0, 0.1) is 17.3 Å². The number of hydrogen-bond donors (Lipinski definition) is 1. The summed E-state index contributed by atoms with van der Waals surface area (Å²) < 4.78 is 12.4. The SMILES string of the molecule is CC(C)C1=CC2Oc3cc(O)ccc3[C@@H]3OC[C@H](C1)[C@]23C. The van der Waals surface area contributed by atoms with E-state index in [0.29, 0.717) is 11.8 Å². The van der Waals surface area contributed by atoms with Gasteiger partial charge in [0.2, 0.25) is 0 Å². The highest BCUT2D eigenvalue weighted by Crippen LogP contribution is 2.60. The van der Waals surface area contributed by atoms with Crippen LogP contribution in [-0.2, 0) is 4.74 Å². The minimum absolute atomic E-state index is 0.00234. The van der Waals surface area contributed by atoms with E-state index in [0.717, 1.165) is 24.3 Å². The van der Waals surface area contributed by atoms with Gasteiger partial charge in [-0.05, 0) is 36.5 Å². The molecule has 21 heavy (non-hydrogen) atoms. The summed E-state index contributed by atoms with van der Waals surface area (Å²) in [6.45, 7) is 7.57. The van der Waals surface area contributed by atoms with Crippen LogP contribution in [0.2, 0.25) is 0 Å². The smallest absolute Gasteiger partial charge is 0.129 e. The van der Waals surface area contributed by atoms with Crippen LogP contribution in [0.4, 0.5) is 0 Å². The Morgan fingerprint density at radius 3 is 2.90 bits per heavy atom. The number of aromatic hydroxyl groups is 1. The van der Waals surface area contributed by atoms with Crippen molar-refractivity contribution < 1.29 is 14.6 Å². The summed E-state index contributed by atoms with van der Waals surface area (Å²) in [5.41, 5.74) is 2.55. The number of allylic oxidation sites excluding steroid dienone is 1. The van der Waals surface area contributed by atoms with E-state index >= 15 is 0 Å². The molecule has 1 saturated heterocycles. The van der Waals surface area contributed by atoms with E-state index < -0.39 is 0 Å². The molecule has 4 atom stereocenters. The van der Waals surface area contributed by atoms with Gasteiger partial charge < -0.3 is 14.6 Å². The van der Waals surface area contributed by atoms with Crippen molar-refractivity contribution in [3.8, 4) is 11.5 Å². The average Bonchev–Trinajstić information content (AvgIpc) is 2.77. The minimum atomic E-state index is 0.00234. The van der Waals surface area contributed by atoms with E-state index in [9.17, 15) is 5.11 Å². The predicted molar refractivity (Wildman–Crippen MR) is 80.4 cm³/mol. The molecule has 1 aliphatic carbocycles. The number of phenolic OH excluding ortho intramolecular Hbond substituents is 1. The lowest BCUT2D eigenvalue weighted by molar-refractivity contribution is -0.0331. The van der Waals surface area contributed by atoms with Crippen molar-refractivity contribution in [2.45, 2.75) is 39.4 Å². The van der Waals surface area contributed by atoms with Gasteiger partial charge in [-0.1, -0.05) is 26.3 Å². The number of ether oxygens (including phenoxy) is 2. The van der Waals surface area contributed by atoms with Crippen molar-refractivity contribution in [3.63, 3.8) is 0 Å². The van der Waals surface area contributed by atoms with Gasteiger partial charge in [-0.2, -0.15) is 0 Å².